The van der Waals surface area contributed by atoms with Gasteiger partial charge in [0.1, 0.15) is 5.25 Å². The molecule has 25 heavy (non-hydrogen) atoms. The zero-order chi connectivity index (χ0) is 17.6. The van der Waals surface area contributed by atoms with Crippen LogP contribution < -0.4 is 0 Å². The summed E-state index contributed by atoms with van der Waals surface area (Å²) in [7, 11) is -3.20. The molecule has 4 rings (SSSR count). The lowest BCUT2D eigenvalue weighted by Gasteiger charge is -2.43. The third-order valence-electron chi connectivity index (χ3n) is 5.37. The topological polar surface area (TPSA) is 68.6 Å². The number of benzene rings is 1. The number of para-hydroxylation sites is 1. The van der Waals surface area contributed by atoms with Gasteiger partial charge in [-0.15, -0.1) is 0 Å². The van der Waals surface area contributed by atoms with Crippen molar-refractivity contribution >= 4 is 26.6 Å². The molecule has 7 heteroatoms. The fourth-order valence-corrected chi connectivity index (χ4v) is 5.85. The fraction of sp³-hybridized carbons (Fsp3) is 0.500. The minimum absolute atomic E-state index is 0.00961. The number of sulfone groups is 1. The van der Waals surface area contributed by atoms with Crippen molar-refractivity contribution in [1.82, 2.24) is 9.47 Å². The number of hydrogen-bond acceptors (Lipinski definition) is 4. The van der Waals surface area contributed by atoms with Crippen molar-refractivity contribution in [2.45, 2.75) is 31.2 Å². The zero-order valence-electron chi connectivity index (χ0n) is 14.2. The van der Waals surface area contributed by atoms with Crippen molar-refractivity contribution in [3.63, 3.8) is 0 Å². The van der Waals surface area contributed by atoms with Crippen molar-refractivity contribution in [1.29, 1.82) is 0 Å². The minimum atomic E-state index is -3.20. The van der Waals surface area contributed by atoms with E-state index in [1.807, 2.05) is 37.4 Å². The predicted octanol–water partition coefficient (Wildman–Crippen LogP) is 1.69. The van der Waals surface area contributed by atoms with Crippen LogP contribution >= 0.6 is 0 Å². The standard InChI is InChI=1S/C18H22N2O4S/c1-2-19-11-14(13-5-3-4-6-15(13)19)18(21)20-8-10-25(22,23)17-12-24-9-7-16(17)20/h3-6,11,16-17H,2,7-10,12H2,1H3/t16-,17+/m1/s1. The molecular weight excluding hydrogens is 340 g/mol. The molecule has 134 valence electrons. The Bertz CT molecular complexity index is 918. The Morgan fingerprint density at radius 3 is 2.92 bits per heavy atom. The number of carbonyl (C=O) groups is 1. The van der Waals surface area contributed by atoms with Crippen molar-refractivity contribution in [3.8, 4) is 0 Å². The highest BCUT2D eigenvalue weighted by atomic mass is 32.2. The molecule has 0 spiro atoms. The lowest BCUT2D eigenvalue weighted by Crippen LogP contribution is -2.60. The van der Waals surface area contributed by atoms with E-state index in [0.717, 1.165) is 17.4 Å². The number of hydrogen-bond donors (Lipinski definition) is 0. The molecule has 2 fully saturated rings. The van der Waals surface area contributed by atoms with E-state index in [2.05, 4.69) is 4.57 Å². The number of ether oxygens (including phenoxy) is 1. The van der Waals surface area contributed by atoms with E-state index in [1.165, 1.54) is 0 Å². The third kappa shape index (κ3) is 2.66. The molecule has 6 nitrogen and oxygen atoms in total. The van der Waals surface area contributed by atoms with Gasteiger partial charge in [0.25, 0.3) is 5.91 Å². The molecule has 3 heterocycles. The molecule has 2 atom stereocenters. The maximum atomic E-state index is 13.3. The van der Waals surface area contributed by atoms with Gasteiger partial charge in [-0.2, -0.15) is 0 Å². The molecule has 0 aliphatic carbocycles. The highest BCUT2D eigenvalue weighted by Gasteiger charge is 2.45. The van der Waals surface area contributed by atoms with Crippen LogP contribution in [0, 0.1) is 0 Å². The van der Waals surface area contributed by atoms with Gasteiger partial charge in [0.05, 0.1) is 24.0 Å². The Morgan fingerprint density at radius 2 is 2.12 bits per heavy atom. The van der Waals surface area contributed by atoms with Gasteiger partial charge in [0.2, 0.25) is 0 Å². The summed E-state index contributed by atoms with van der Waals surface area (Å²) in [6, 6.07) is 7.57. The molecule has 1 aromatic heterocycles. The SMILES string of the molecule is CCn1cc(C(=O)N2CCS(=O)(=O)[C@H]3COCC[C@H]32)c2ccccc21. The Kier molecular flexibility index (Phi) is 4.08. The van der Waals surface area contributed by atoms with Crippen LogP contribution in [0.25, 0.3) is 10.9 Å². The molecule has 2 aromatic rings. The number of amides is 1. The third-order valence-corrected chi connectivity index (χ3v) is 7.49. The molecule has 1 aromatic carbocycles. The molecule has 0 bridgehead atoms. The molecule has 1 amide bonds. The normalized spacial score (nSPS) is 25.7. The highest BCUT2D eigenvalue weighted by Crippen LogP contribution is 2.30. The lowest BCUT2D eigenvalue weighted by atomic mass is 10.0. The number of fused-ring (bicyclic) bond motifs is 2. The number of rotatable bonds is 2. The van der Waals surface area contributed by atoms with Crippen LogP contribution in [0.15, 0.2) is 30.5 Å². The first-order valence-electron chi connectivity index (χ1n) is 8.71. The molecular formula is C18H22N2O4S. The maximum Gasteiger partial charge on any atom is 0.256 e. The Labute approximate surface area is 147 Å². The second-order valence-corrected chi connectivity index (χ2v) is 9.02. The maximum absolute atomic E-state index is 13.3. The van der Waals surface area contributed by atoms with Gasteiger partial charge < -0.3 is 14.2 Å². The lowest BCUT2D eigenvalue weighted by molar-refractivity contribution is 0.0295. The number of nitrogens with zero attached hydrogens (tertiary/aromatic N) is 2. The average molecular weight is 362 g/mol. The highest BCUT2D eigenvalue weighted by molar-refractivity contribution is 7.92. The first-order valence-corrected chi connectivity index (χ1v) is 10.4. The van der Waals surface area contributed by atoms with Gasteiger partial charge in [0.15, 0.2) is 9.84 Å². The second-order valence-electron chi connectivity index (χ2n) is 6.68. The van der Waals surface area contributed by atoms with Crippen molar-refractivity contribution in [2.24, 2.45) is 0 Å². The van der Waals surface area contributed by atoms with E-state index in [1.54, 1.807) is 4.90 Å². The van der Waals surface area contributed by atoms with Gasteiger partial charge in [-0.05, 0) is 19.4 Å². The van der Waals surface area contributed by atoms with Crippen LogP contribution in [0.2, 0.25) is 0 Å². The summed E-state index contributed by atoms with van der Waals surface area (Å²) < 4.78 is 32.2. The summed E-state index contributed by atoms with van der Waals surface area (Å²) in [5.41, 5.74) is 1.68. The summed E-state index contributed by atoms with van der Waals surface area (Å²) in [6.07, 6.45) is 2.46. The molecule has 2 aliphatic rings. The van der Waals surface area contributed by atoms with Crippen LogP contribution in [0.3, 0.4) is 0 Å². The second kappa shape index (κ2) is 6.14. The minimum Gasteiger partial charge on any atom is -0.380 e. The smallest absolute Gasteiger partial charge is 0.256 e. The quantitative estimate of drug-likeness (QED) is 0.815. The van der Waals surface area contributed by atoms with Gasteiger partial charge in [-0.1, -0.05) is 18.2 Å². The first kappa shape index (κ1) is 16.6. The van der Waals surface area contributed by atoms with Crippen LogP contribution in [0.4, 0.5) is 0 Å². The summed E-state index contributed by atoms with van der Waals surface area (Å²) in [5, 5.41) is 0.324. The molecule has 0 unspecified atom stereocenters. The van der Waals surface area contributed by atoms with Gasteiger partial charge in [-0.3, -0.25) is 4.79 Å². The molecule has 2 aliphatic heterocycles. The fourth-order valence-electron chi connectivity index (χ4n) is 4.03. The van der Waals surface area contributed by atoms with E-state index in [9.17, 15) is 13.2 Å². The van der Waals surface area contributed by atoms with E-state index in [4.69, 9.17) is 4.74 Å². The number of carbonyl (C=O) groups excluding carboxylic acids is 1. The summed E-state index contributed by atoms with van der Waals surface area (Å²) in [5.74, 6) is -0.0643. The summed E-state index contributed by atoms with van der Waals surface area (Å²) in [4.78, 5) is 15.0. The number of aromatic nitrogens is 1. The number of aryl methyl sites for hydroxylation is 1. The summed E-state index contributed by atoms with van der Waals surface area (Å²) in [6.45, 7) is 3.77. The van der Waals surface area contributed by atoms with Crippen LogP contribution in [-0.4, -0.2) is 60.6 Å². The molecule has 0 radical (unpaired) electrons. The van der Waals surface area contributed by atoms with E-state index < -0.39 is 15.1 Å². The molecule has 2 saturated heterocycles. The monoisotopic (exact) mass is 362 g/mol. The van der Waals surface area contributed by atoms with Crippen LogP contribution in [0.1, 0.15) is 23.7 Å². The van der Waals surface area contributed by atoms with Gasteiger partial charge in [-0.25, -0.2) is 8.42 Å². The Morgan fingerprint density at radius 1 is 1.32 bits per heavy atom. The largest absolute Gasteiger partial charge is 0.380 e. The average Bonchev–Trinajstić information content (AvgIpc) is 3.00. The summed E-state index contributed by atoms with van der Waals surface area (Å²) >= 11 is 0. The zero-order valence-corrected chi connectivity index (χ0v) is 15.0. The van der Waals surface area contributed by atoms with E-state index >= 15 is 0 Å². The van der Waals surface area contributed by atoms with E-state index in [-0.39, 0.29) is 30.9 Å². The first-order chi connectivity index (χ1) is 12.0. The van der Waals surface area contributed by atoms with E-state index in [0.29, 0.717) is 18.6 Å². The van der Waals surface area contributed by atoms with Gasteiger partial charge >= 0.3 is 0 Å². The van der Waals surface area contributed by atoms with Crippen LogP contribution in [0.5, 0.6) is 0 Å². The molecule has 0 N–H and O–H groups in total. The van der Waals surface area contributed by atoms with Crippen molar-refractivity contribution in [2.75, 3.05) is 25.5 Å². The van der Waals surface area contributed by atoms with Crippen molar-refractivity contribution < 1.29 is 17.9 Å². The Hall–Kier alpha value is -1.86. The molecule has 0 saturated carbocycles. The van der Waals surface area contributed by atoms with Crippen LogP contribution in [-0.2, 0) is 21.1 Å². The van der Waals surface area contributed by atoms with Gasteiger partial charge in [0, 0.05) is 36.8 Å². The predicted molar refractivity (Wildman–Crippen MR) is 95.4 cm³/mol. The Balaban J connectivity index is 1.74. The van der Waals surface area contributed by atoms with Crippen molar-refractivity contribution in [3.05, 3.63) is 36.0 Å².